The molecule has 2 aromatic rings. The minimum Gasteiger partial charge on any atom is -0.326 e. The Hall–Kier alpha value is -1.87. The van der Waals surface area contributed by atoms with Crippen LogP contribution in [0, 0.1) is 13.8 Å². The van der Waals surface area contributed by atoms with Crippen LogP contribution in [-0.4, -0.2) is 4.57 Å². The average molecular weight is 242 g/mol. The molecule has 2 rings (SSSR count). The van der Waals surface area contributed by atoms with Crippen LogP contribution in [0.4, 0.5) is 0 Å². The second kappa shape index (κ2) is 4.78. The van der Waals surface area contributed by atoms with Crippen LogP contribution in [0.15, 0.2) is 35.3 Å². The number of aryl methyl sites for hydroxylation is 1. The fourth-order valence-electron chi connectivity index (χ4n) is 2.09. The largest absolute Gasteiger partial charge is 0.326 e. The van der Waals surface area contributed by atoms with Crippen LogP contribution < -0.4 is 11.3 Å². The van der Waals surface area contributed by atoms with E-state index in [9.17, 15) is 4.79 Å². The van der Waals surface area contributed by atoms with Crippen molar-refractivity contribution in [3.63, 3.8) is 0 Å². The number of hydrogen-bond donors (Lipinski definition) is 1. The maximum atomic E-state index is 11.8. The molecule has 0 atom stereocenters. The Morgan fingerprint density at radius 3 is 2.28 bits per heavy atom. The Bertz CT molecular complexity index is 624. The summed E-state index contributed by atoms with van der Waals surface area (Å²) in [6.07, 6.45) is 1.89. The Labute approximate surface area is 107 Å². The molecule has 3 heteroatoms. The maximum Gasteiger partial charge on any atom is 0.253 e. The molecule has 0 aliphatic carbocycles. The third-order valence-electron chi connectivity index (χ3n) is 3.43. The molecule has 1 aromatic heterocycles. The summed E-state index contributed by atoms with van der Waals surface area (Å²) < 4.78 is 1.63. The lowest BCUT2D eigenvalue weighted by atomic mass is 9.98. The SMILES string of the molecule is Cc1c(-c2ccc(CN)cc2)cn(C)c(=O)c1C. The molecule has 2 N–H and O–H groups in total. The van der Waals surface area contributed by atoms with Crippen molar-refractivity contribution in [1.29, 1.82) is 0 Å². The van der Waals surface area contributed by atoms with Gasteiger partial charge in [-0.3, -0.25) is 4.79 Å². The molecule has 18 heavy (non-hydrogen) atoms. The van der Waals surface area contributed by atoms with Gasteiger partial charge < -0.3 is 10.3 Å². The zero-order valence-corrected chi connectivity index (χ0v) is 11.0. The number of nitrogens with two attached hydrogens (primary N) is 1. The van der Waals surface area contributed by atoms with Gasteiger partial charge in [-0.25, -0.2) is 0 Å². The van der Waals surface area contributed by atoms with Gasteiger partial charge in [-0.1, -0.05) is 24.3 Å². The number of rotatable bonds is 2. The first-order valence-electron chi connectivity index (χ1n) is 6.00. The first-order chi connectivity index (χ1) is 8.54. The van der Waals surface area contributed by atoms with Crippen molar-refractivity contribution in [1.82, 2.24) is 4.57 Å². The van der Waals surface area contributed by atoms with Crippen LogP contribution in [0.1, 0.15) is 16.7 Å². The van der Waals surface area contributed by atoms with Crippen molar-refractivity contribution in [2.75, 3.05) is 0 Å². The van der Waals surface area contributed by atoms with Gasteiger partial charge in [-0.05, 0) is 30.5 Å². The van der Waals surface area contributed by atoms with Crippen molar-refractivity contribution in [3.8, 4) is 11.1 Å². The Morgan fingerprint density at radius 2 is 1.72 bits per heavy atom. The van der Waals surface area contributed by atoms with Gasteiger partial charge in [0, 0.05) is 30.9 Å². The van der Waals surface area contributed by atoms with Gasteiger partial charge in [0.15, 0.2) is 0 Å². The fourth-order valence-corrected chi connectivity index (χ4v) is 2.09. The van der Waals surface area contributed by atoms with Gasteiger partial charge in [0.1, 0.15) is 0 Å². The van der Waals surface area contributed by atoms with Gasteiger partial charge in [-0.2, -0.15) is 0 Å². The lowest BCUT2D eigenvalue weighted by Gasteiger charge is -2.11. The summed E-state index contributed by atoms with van der Waals surface area (Å²) >= 11 is 0. The molecule has 0 aliphatic heterocycles. The molecule has 0 radical (unpaired) electrons. The van der Waals surface area contributed by atoms with E-state index in [1.807, 2.05) is 32.2 Å². The fraction of sp³-hybridized carbons (Fsp3) is 0.267. The zero-order valence-electron chi connectivity index (χ0n) is 11.0. The summed E-state index contributed by atoms with van der Waals surface area (Å²) in [6, 6.07) is 8.15. The van der Waals surface area contributed by atoms with Crippen LogP contribution in [0.2, 0.25) is 0 Å². The third kappa shape index (κ3) is 2.09. The number of benzene rings is 1. The second-order valence-corrected chi connectivity index (χ2v) is 4.61. The molecule has 0 spiro atoms. The quantitative estimate of drug-likeness (QED) is 0.877. The van der Waals surface area contributed by atoms with Crippen molar-refractivity contribution < 1.29 is 0 Å². The van der Waals surface area contributed by atoms with E-state index < -0.39 is 0 Å². The molecule has 0 saturated heterocycles. The predicted molar refractivity (Wildman–Crippen MR) is 74.5 cm³/mol. The Morgan fingerprint density at radius 1 is 1.11 bits per heavy atom. The monoisotopic (exact) mass is 242 g/mol. The lowest BCUT2D eigenvalue weighted by Crippen LogP contribution is -2.20. The number of nitrogens with zero attached hydrogens (tertiary/aromatic N) is 1. The summed E-state index contributed by atoms with van der Waals surface area (Å²) in [5.41, 5.74) is 10.8. The molecule has 0 aliphatic rings. The normalized spacial score (nSPS) is 10.7. The molecule has 1 heterocycles. The van der Waals surface area contributed by atoms with Gasteiger partial charge in [0.05, 0.1) is 0 Å². The van der Waals surface area contributed by atoms with Gasteiger partial charge in [0.2, 0.25) is 0 Å². The molecule has 0 bridgehead atoms. The maximum absolute atomic E-state index is 11.8. The van der Waals surface area contributed by atoms with Crippen molar-refractivity contribution in [2.45, 2.75) is 20.4 Å². The molecule has 0 unspecified atom stereocenters. The van der Waals surface area contributed by atoms with E-state index in [2.05, 4.69) is 12.1 Å². The van der Waals surface area contributed by atoms with Crippen LogP contribution in [-0.2, 0) is 13.6 Å². The van der Waals surface area contributed by atoms with Crippen molar-refractivity contribution >= 4 is 0 Å². The van der Waals surface area contributed by atoms with E-state index in [-0.39, 0.29) is 5.56 Å². The summed E-state index contributed by atoms with van der Waals surface area (Å²) in [5.74, 6) is 0. The van der Waals surface area contributed by atoms with Crippen molar-refractivity contribution in [3.05, 3.63) is 57.5 Å². The summed E-state index contributed by atoms with van der Waals surface area (Å²) in [4.78, 5) is 11.8. The molecule has 0 saturated carbocycles. The molecule has 1 aromatic carbocycles. The lowest BCUT2D eigenvalue weighted by molar-refractivity contribution is 0.845. The minimum absolute atomic E-state index is 0.0647. The Balaban J connectivity index is 2.60. The minimum atomic E-state index is 0.0647. The summed E-state index contributed by atoms with van der Waals surface area (Å²) in [6.45, 7) is 4.41. The van der Waals surface area contributed by atoms with Gasteiger partial charge >= 0.3 is 0 Å². The van der Waals surface area contributed by atoms with Crippen LogP contribution in [0.25, 0.3) is 11.1 Å². The van der Waals surface area contributed by atoms with E-state index in [0.29, 0.717) is 6.54 Å². The smallest absolute Gasteiger partial charge is 0.253 e. The number of hydrogen-bond acceptors (Lipinski definition) is 2. The van der Waals surface area contributed by atoms with Crippen molar-refractivity contribution in [2.24, 2.45) is 12.8 Å². The molecule has 94 valence electrons. The highest BCUT2D eigenvalue weighted by Gasteiger charge is 2.08. The van der Waals surface area contributed by atoms with E-state index in [0.717, 1.165) is 27.8 Å². The van der Waals surface area contributed by atoms with Crippen LogP contribution in [0.3, 0.4) is 0 Å². The zero-order chi connectivity index (χ0) is 13.3. The predicted octanol–water partition coefficient (Wildman–Crippen LogP) is 2.13. The van der Waals surface area contributed by atoms with Crippen LogP contribution >= 0.6 is 0 Å². The first kappa shape index (κ1) is 12.6. The molecular formula is C15H18N2O. The highest BCUT2D eigenvalue weighted by molar-refractivity contribution is 5.67. The summed E-state index contributed by atoms with van der Waals surface area (Å²) in [7, 11) is 1.78. The van der Waals surface area contributed by atoms with E-state index in [1.54, 1.807) is 11.6 Å². The van der Waals surface area contributed by atoms with Gasteiger partial charge in [0.25, 0.3) is 5.56 Å². The number of pyridine rings is 1. The van der Waals surface area contributed by atoms with E-state index in [4.69, 9.17) is 5.73 Å². The number of aromatic nitrogens is 1. The standard InChI is InChI=1S/C15H18N2O/c1-10-11(2)15(18)17(3)9-14(10)13-6-4-12(8-16)5-7-13/h4-7,9H,8,16H2,1-3H3. The van der Waals surface area contributed by atoms with E-state index >= 15 is 0 Å². The highest BCUT2D eigenvalue weighted by Crippen LogP contribution is 2.23. The molecular weight excluding hydrogens is 224 g/mol. The summed E-state index contributed by atoms with van der Waals surface area (Å²) in [5, 5.41) is 0. The molecule has 0 fully saturated rings. The molecule has 0 amide bonds. The van der Waals surface area contributed by atoms with Crippen LogP contribution in [0.5, 0.6) is 0 Å². The molecule has 3 nitrogen and oxygen atoms in total. The second-order valence-electron chi connectivity index (χ2n) is 4.61. The Kier molecular flexibility index (Phi) is 3.34. The highest BCUT2D eigenvalue weighted by atomic mass is 16.1. The van der Waals surface area contributed by atoms with Gasteiger partial charge in [-0.15, -0.1) is 0 Å². The topological polar surface area (TPSA) is 48.0 Å². The average Bonchev–Trinajstić information content (AvgIpc) is 2.41. The first-order valence-corrected chi connectivity index (χ1v) is 6.00. The van der Waals surface area contributed by atoms with E-state index in [1.165, 1.54) is 0 Å². The third-order valence-corrected chi connectivity index (χ3v) is 3.43.